The maximum Gasteiger partial charge on any atom is 0.313 e. The number of benzene rings is 3. The van der Waals surface area contributed by atoms with Crippen LogP contribution in [0.2, 0.25) is 5.15 Å². The number of hydrogen-bond donors (Lipinski definition) is 0. The first kappa shape index (κ1) is 22.7. The van der Waals surface area contributed by atoms with Gasteiger partial charge in [0, 0.05) is 0 Å². The molecule has 0 radical (unpaired) electrons. The third kappa shape index (κ3) is 3.49. The highest BCUT2D eigenvalue weighted by Gasteiger charge is 2.61. The summed E-state index contributed by atoms with van der Waals surface area (Å²) in [4.78, 5) is 47.9. The molecule has 2 saturated heterocycles. The molecule has 9 heteroatoms. The van der Waals surface area contributed by atoms with Crippen LogP contribution in [0.3, 0.4) is 0 Å². The molecule has 4 aromatic rings. The van der Waals surface area contributed by atoms with Gasteiger partial charge in [-0.25, -0.2) is 9.96 Å². The van der Waals surface area contributed by atoms with Crippen LogP contribution in [0.15, 0.2) is 89.7 Å². The van der Waals surface area contributed by atoms with Crippen LogP contribution in [-0.4, -0.2) is 22.5 Å². The van der Waals surface area contributed by atoms with Crippen molar-refractivity contribution in [2.24, 2.45) is 5.92 Å². The molecule has 3 heterocycles. The normalized spacial score (nSPS) is 21.3. The maximum absolute atomic E-state index is 13.8. The van der Waals surface area contributed by atoms with Gasteiger partial charge in [-0.1, -0.05) is 77.0 Å². The number of anilines is 2. The molecule has 3 atom stereocenters. The number of imide groups is 1. The molecule has 3 aromatic carbocycles. The standard InChI is InChI=1S/C27H20ClN3O4S/c1-16-12-14-18(15-13-16)30-25(32)20-21(31(35-22(20)26(30)33)19-10-6-3-7-11-19)23-24(28)29(27(34)36-23)17-8-4-2-5-9-17/h2-15,20-22H,1H3. The lowest BCUT2D eigenvalue weighted by Crippen LogP contribution is -2.37. The fourth-order valence-electron chi connectivity index (χ4n) is 4.78. The molecule has 2 aliphatic rings. The van der Waals surface area contributed by atoms with Crippen molar-refractivity contribution in [3.63, 3.8) is 0 Å². The minimum Gasteiger partial charge on any atom is -0.273 e. The Balaban J connectivity index is 1.48. The van der Waals surface area contributed by atoms with Crippen molar-refractivity contribution in [1.29, 1.82) is 0 Å². The number of hydroxylamine groups is 1. The first-order valence-electron chi connectivity index (χ1n) is 11.4. The molecule has 3 unspecified atom stereocenters. The molecule has 0 aliphatic carbocycles. The van der Waals surface area contributed by atoms with Gasteiger partial charge >= 0.3 is 4.87 Å². The first-order chi connectivity index (χ1) is 17.5. The summed E-state index contributed by atoms with van der Waals surface area (Å²) in [6.07, 6.45) is -1.04. The van der Waals surface area contributed by atoms with Crippen LogP contribution in [0.1, 0.15) is 16.5 Å². The smallest absolute Gasteiger partial charge is 0.273 e. The Morgan fingerprint density at radius 1 is 0.778 bits per heavy atom. The summed E-state index contributed by atoms with van der Waals surface area (Å²) in [7, 11) is 0. The number of thiazole rings is 1. The van der Waals surface area contributed by atoms with Crippen LogP contribution >= 0.6 is 22.9 Å². The molecule has 2 aliphatic heterocycles. The maximum atomic E-state index is 13.8. The van der Waals surface area contributed by atoms with Crippen LogP contribution in [0.5, 0.6) is 0 Å². The summed E-state index contributed by atoms with van der Waals surface area (Å²) in [6, 6.07) is 24.7. The molecule has 0 bridgehead atoms. The van der Waals surface area contributed by atoms with E-state index < -0.39 is 24.0 Å². The van der Waals surface area contributed by atoms with Crippen molar-refractivity contribution in [3.05, 3.63) is 110 Å². The number of amides is 2. The van der Waals surface area contributed by atoms with Gasteiger partial charge in [-0.2, -0.15) is 0 Å². The molecule has 2 fully saturated rings. The molecule has 2 amide bonds. The average Bonchev–Trinajstić information content (AvgIpc) is 3.50. The van der Waals surface area contributed by atoms with Crippen LogP contribution < -0.4 is 14.8 Å². The number of aromatic nitrogens is 1. The predicted molar refractivity (Wildman–Crippen MR) is 139 cm³/mol. The molecule has 7 nitrogen and oxygen atoms in total. The number of para-hydroxylation sites is 2. The van der Waals surface area contributed by atoms with Crippen molar-refractivity contribution in [2.75, 3.05) is 9.96 Å². The van der Waals surface area contributed by atoms with Crippen molar-refractivity contribution in [1.82, 2.24) is 4.57 Å². The van der Waals surface area contributed by atoms with E-state index in [1.165, 1.54) is 9.47 Å². The topological polar surface area (TPSA) is 71.8 Å². The van der Waals surface area contributed by atoms with Crippen LogP contribution in [0.4, 0.5) is 11.4 Å². The summed E-state index contributed by atoms with van der Waals surface area (Å²) < 4.78 is 1.41. The Labute approximate surface area is 215 Å². The first-order valence-corrected chi connectivity index (χ1v) is 12.6. The molecule has 0 saturated carbocycles. The van der Waals surface area contributed by atoms with E-state index in [0.29, 0.717) is 21.9 Å². The number of hydrogen-bond acceptors (Lipinski definition) is 6. The molecule has 180 valence electrons. The van der Waals surface area contributed by atoms with E-state index >= 15 is 0 Å². The van der Waals surface area contributed by atoms with E-state index in [1.54, 1.807) is 29.3 Å². The fourth-order valence-corrected chi connectivity index (χ4v) is 6.24. The summed E-state index contributed by atoms with van der Waals surface area (Å²) >= 11 is 7.78. The van der Waals surface area contributed by atoms with E-state index in [1.807, 2.05) is 67.6 Å². The van der Waals surface area contributed by atoms with Gasteiger partial charge < -0.3 is 0 Å². The lowest BCUT2D eigenvalue weighted by molar-refractivity contribution is -0.126. The van der Waals surface area contributed by atoms with Gasteiger partial charge in [0.2, 0.25) is 5.91 Å². The number of halogens is 1. The third-order valence-electron chi connectivity index (χ3n) is 6.48. The Morgan fingerprint density at radius 2 is 1.39 bits per heavy atom. The lowest BCUT2D eigenvalue weighted by atomic mass is 9.95. The zero-order chi connectivity index (χ0) is 25.0. The third-order valence-corrected chi connectivity index (χ3v) is 7.98. The van der Waals surface area contributed by atoms with Crippen molar-refractivity contribution in [2.45, 2.75) is 19.1 Å². The van der Waals surface area contributed by atoms with Gasteiger partial charge in [0.15, 0.2) is 6.10 Å². The lowest BCUT2D eigenvalue weighted by Gasteiger charge is -2.28. The SMILES string of the molecule is Cc1ccc(N2C(=O)C3ON(c4ccccc4)C(c4sc(=O)n(-c5ccccc5)c4Cl)C3C2=O)cc1. The Bertz CT molecular complexity index is 1520. The number of carbonyl (C=O) groups is 2. The fraction of sp³-hybridized carbons (Fsp3) is 0.148. The largest absolute Gasteiger partial charge is 0.313 e. The molecule has 36 heavy (non-hydrogen) atoms. The monoisotopic (exact) mass is 517 g/mol. The number of nitrogens with zero attached hydrogens (tertiary/aromatic N) is 3. The van der Waals surface area contributed by atoms with Crippen LogP contribution in [-0.2, 0) is 14.4 Å². The van der Waals surface area contributed by atoms with Gasteiger partial charge in [0.1, 0.15) is 17.1 Å². The highest BCUT2D eigenvalue weighted by Crippen LogP contribution is 2.50. The minimum atomic E-state index is -1.04. The Hall–Kier alpha value is -3.72. The number of fused-ring (bicyclic) bond motifs is 1. The molecule has 0 N–H and O–H groups in total. The van der Waals surface area contributed by atoms with Crippen molar-refractivity contribution in [3.8, 4) is 5.69 Å². The number of aryl methyl sites for hydroxylation is 1. The molecule has 1 aromatic heterocycles. The second-order valence-electron chi connectivity index (χ2n) is 8.70. The van der Waals surface area contributed by atoms with E-state index in [9.17, 15) is 14.4 Å². The summed E-state index contributed by atoms with van der Waals surface area (Å²) in [5, 5.41) is 1.74. The zero-order valence-electron chi connectivity index (χ0n) is 19.1. The average molecular weight is 518 g/mol. The van der Waals surface area contributed by atoms with E-state index in [4.69, 9.17) is 16.4 Å². The van der Waals surface area contributed by atoms with E-state index in [-0.39, 0.29) is 15.9 Å². The van der Waals surface area contributed by atoms with Gasteiger partial charge in [0.05, 0.1) is 21.9 Å². The van der Waals surface area contributed by atoms with E-state index in [0.717, 1.165) is 16.9 Å². The van der Waals surface area contributed by atoms with Crippen molar-refractivity contribution < 1.29 is 14.4 Å². The van der Waals surface area contributed by atoms with Crippen LogP contribution in [0.25, 0.3) is 5.69 Å². The zero-order valence-corrected chi connectivity index (χ0v) is 20.6. The Morgan fingerprint density at radius 3 is 2.03 bits per heavy atom. The quantitative estimate of drug-likeness (QED) is 0.360. The van der Waals surface area contributed by atoms with Crippen LogP contribution in [0, 0.1) is 12.8 Å². The summed E-state index contributed by atoms with van der Waals surface area (Å²) in [5.74, 6) is -1.71. The summed E-state index contributed by atoms with van der Waals surface area (Å²) in [6.45, 7) is 1.93. The Kier molecular flexibility index (Phi) is 5.52. The number of carbonyl (C=O) groups excluding carboxylic acids is 2. The van der Waals surface area contributed by atoms with Gasteiger partial charge in [0.25, 0.3) is 5.91 Å². The molecular weight excluding hydrogens is 498 g/mol. The van der Waals surface area contributed by atoms with Crippen molar-refractivity contribution >= 4 is 46.1 Å². The number of rotatable bonds is 4. The molecule has 0 spiro atoms. The second-order valence-corrected chi connectivity index (χ2v) is 10.1. The highest BCUT2D eigenvalue weighted by molar-refractivity contribution is 7.10. The van der Waals surface area contributed by atoms with Gasteiger partial charge in [-0.3, -0.25) is 23.8 Å². The molecule has 6 rings (SSSR count). The summed E-state index contributed by atoms with van der Waals surface area (Å²) in [5.41, 5.74) is 2.77. The predicted octanol–water partition coefficient (Wildman–Crippen LogP) is 4.91. The second kappa shape index (κ2) is 8.74. The minimum absolute atomic E-state index is 0.195. The van der Waals surface area contributed by atoms with E-state index in [2.05, 4.69) is 0 Å². The van der Waals surface area contributed by atoms with Gasteiger partial charge in [-0.15, -0.1) is 0 Å². The molecular formula is C27H20ClN3O4S. The highest BCUT2D eigenvalue weighted by atomic mass is 35.5. The van der Waals surface area contributed by atoms with Gasteiger partial charge in [-0.05, 0) is 43.3 Å².